The predicted octanol–water partition coefficient (Wildman–Crippen LogP) is 6.04. The first-order valence-corrected chi connectivity index (χ1v) is 15.9. The fourth-order valence-electron chi connectivity index (χ4n) is 4.32. The van der Waals surface area contributed by atoms with E-state index in [1.54, 1.807) is 16.7 Å². The molecule has 0 bridgehead atoms. The molecule has 4 rings (SSSR count). The van der Waals surface area contributed by atoms with Crippen molar-refractivity contribution in [3.63, 3.8) is 0 Å². The number of oxazole rings is 1. The van der Waals surface area contributed by atoms with E-state index in [9.17, 15) is 22.9 Å². The maximum atomic E-state index is 11.6. The van der Waals surface area contributed by atoms with Gasteiger partial charge in [0.1, 0.15) is 5.82 Å². The van der Waals surface area contributed by atoms with Gasteiger partial charge < -0.3 is 19.3 Å². The number of carboxylic acids is 1. The number of aliphatic carboxylic acids is 1. The number of allylic oxidation sites excluding steroid dienone is 2. The highest BCUT2D eigenvalue weighted by atomic mass is 127. The Hall–Kier alpha value is -1.84. The predicted molar refractivity (Wildman–Crippen MR) is 159 cm³/mol. The standard InChI is InChI=1S/C24H24Cl2IN3O6S2/c1-3-14(9-22-30(13-23(31)32)19-12-20(27)37-24(19)36-22)8-21-28(4-2)17-10-15(25)16(26)11-18(17)29(21)6-5-7-38(33,34)35/h8-12H,3-7,13H2,1-2H3,(H-,31,32,33,34,35)/p+1. The van der Waals surface area contributed by atoms with Crippen LogP contribution in [0.3, 0.4) is 0 Å². The minimum Gasteiger partial charge on any atom is -0.477 e. The highest BCUT2D eigenvalue weighted by molar-refractivity contribution is 14.1. The second kappa shape index (κ2) is 11.7. The van der Waals surface area contributed by atoms with Crippen LogP contribution in [0.1, 0.15) is 32.6 Å². The van der Waals surface area contributed by atoms with Crippen LogP contribution in [0, 0.1) is 2.88 Å². The lowest BCUT2D eigenvalue weighted by Crippen LogP contribution is -2.39. The number of rotatable bonds is 10. The van der Waals surface area contributed by atoms with Crippen LogP contribution in [0.25, 0.3) is 16.5 Å². The molecular formula is C24H25Cl2IN3O6S2+. The highest BCUT2D eigenvalue weighted by Crippen LogP contribution is 2.46. The monoisotopic (exact) mass is 712 g/mol. The molecule has 0 saturated heterocycles. The van der Waals surface area contributed by atoms with Crippen LogP contribution < -0.4 is 14.4 Å². The van der Waals surface area contributed by atoms with E-state index >= 15 is 0 Å². The van der Waals surface area contributed by atoms with Crippen LogP contribution in [-0.2, 0) is 21.5 Å². The fourth-order valence-corrected chi connectivity index (χ4v) is 6.77. The Morgan fingerprint density at radius 1 is 1.18 bits per heavy atom. The summed E-state index contributed by atoms with van der Waals surface area (Å²) in [6.07, 6.45) is 4.58. The van der Waals surface area contributed by atoms with Crippen molar-refractivity contribution in [2.75, 3.05) is 28.6 Å². The van der Waals surface area contributed by atoms with Crippen LogP contribution >= 0.6 is 57.1 Å². The molecule has 38 heavy (non-hydrogen) atoms. The topological polar surface area (TPSA) is 115 Å². The van der Waals surface area contributed by atoms with Crippen molar-refractivity contribution < 1.29 is 31.9 Å². The van der Waals surface area contributed by atoms with Crippen LogP contribution in [0.5, 0.6) is 0 Å². The van der Waals surface area contributed by atoms with Crippen molar-refractivity contribution in [2.45, 2.75) is 33.2 Å². The summed E-state index contributed by atoms with van der Waals surface area (Å²) >= 11 is 16.3. The Bertz CT molecular complexity index is 1560. The van der Waals surface area contributed by atoms with Crippen LogP contribution in [0.4, 0.5) is 11.4 Å². The van der Waals surface area contributed by atoms with Crippen molar-refractivity contribution in [3.05, 3.63) is 54.5 Å². The Morgan fingerprint density at radius 3 is 2.42 bits per heavy atom. The lowest BCUT2D eigenvalue weighted by Gasteiger charge is -2.25. The first-order chi connectivity index (χ1) is 17.9. The smallest absolute Gasteiger partial charge is 0.375 e. The van der Waals surface area contributed by atoms with Crippen molar-refractivity contribution >= 4 is 101 Å². The molecular weight excluding hydrogens is 688 g/mol. The average molecular weight is 713 g/mol. The van der Waals surface area contributed by atoms with E-state index in [1.807, 2.05) is 41.9 Å². The van der Waals surface area contributed by atoms with Gasteiger partial charge in [0.25, 0.3) is 20.5 Å². The summed E-state index contributed by atoms with van der Waals surface area (Å²) in [5, 5.41) is 10.3. The Balaban J connectivity index is 1.81. The molecule has 14 heteroatoms. The van der Waals surface area contributed by atoms with Crippen molar-refractivity contribution in [1.29, 1.82) is 0 Å². The molecule has 0 saturated carbocycles. The first kappa shape index (κ1) is 29.2. The number of benzene rings is 1. The van der Waals surface area contributed by atoms with Crippen LogP contribution in [0.2, 0.25) is 10.0 Å². The van der Waals surface area contributed by atoms with E-state index in [4.69, 9.17) is 27.6 Å². The van der Waals surface area contributed by atoms with Gasteiger partial charge in [0.2, 0.25) is 6.54 Å². The Morgan fingerprint density at radius 2 is 1.84 bits per heavy atom. The zero-order valence-corrected chi connectivity index (χ0v) is 25.8. The quantitative estimate of drug-likeness (QED) is 0.149. The van der Waals surface area contributed by atoms with E-state index in [-0.39, 0.29) is 18.7 Å². The number of thiophene rings is 1. The van der Waals surface area contributed by atoms with E-state index in [0.717, 1.165) is 31.2 Å². The lowest BCUT2D eigenvalue weighted by molar-refractivity contribution is -0.666. The number of hydrogen-bond acceptors (Lipinski definition) is 7. The molecule has 1 aromatic carbocycles. The summed E-state index contributed by atoms with van der Waals surface area (Å²) < 4.78 is 40.7. The number of carboxylic acid groups (broad SMARTS) is 1. The number of aromatic nitrogens is 1. The molecule has 1 aliphatic heterocycles. The third kappa shape index (κ3) is 6.31. The van der Waals surface area contributed by atoms with E-state index in [0.29, 0.717) is 40.3 Å². The molecule has 204 valence electrons. The van der Waals surface area contributed by atoms with Gasteiger partial charge in [-0.1, -0.05) is 41.5 Å². The second-order valence-corrected chi connectivity index (χ2v) is 13.8. The summed E-state index contributed by atoms with van der Waals surface area (Å²) in [5.41, 5.74) is 3.17. The number of halogens is 3. The molecule has 0 amide bonds. The highest BCUT2D eigenvalue weighted by Gasteiger charge is 2.32. The van der Waals surface area contributed by atoms with Gasteiger partial charge in [-0.25, -0.2) is 4.79 Å². The van der Waals surface area contributed by atoms with Crippen LogP contribution in [0.15, 0.2) is 40.1 Å². The minimum atomic E-state index is -4.12. The Kier molecular flexibility index (Phi) is 8.99. The average Bonchev–Trinajstić information content (AvgIpc) is 3.42. The number of hydrogen-bond donors (Lipinski definition) is 2. The van der Waals surface area contributed by atoms with Gasteiger partial charge in [0, 0.05) is 19.2 Å². The normalized spacial score (nSPS) is 15.2. The van der Waals surface area contributed by atoms with Gasteiger partial charge >= 0.3 is 11.9 Å². The zero-order chi connectivity index (χ0) is 27.8. The molecule has 2 aromatic heterocycles. The molecule has 0 unspecified atom stereocenters. The third-order valence-corrected chi connectivity index (χ3v) is 9.27. The third-order valence-electron chi connectivity index (χ3n) is 5.98. The van der Waals surface area contributed by atoms with Gasteiger partial charge in [-0.3, -0.25) is 4.55 Å². The van der Waals surface area contributed by atoms with Crippen molar-refractivity contribution in [2.24, 2.45) is 0 Å². The molecule has 3 aromatic rings. The maximum absolute atomic E-state index is 11.6. The molecule has 0 atom stereocenters. The maximum Gasteiger partial charge on any atom is 0.375 e. The largest absolute Gasteiger partial charge is 0.477 e. The number of carbonyl (C=O) groups is 1. The lowest BCUT2D eigenvalue weighted by atomic mass is 10.1. The van der Waals surface area contributed by atoms with E-state index in [2.05, 4.69) is 22.6 Å². The molecule has 9 nitrogen and oxygen atoms in total. The van der Waals surface area contributed by atoms with Gasteiger partial charge in [0.05, 0.1) is 36.1 Å². The van der Waals surface area contributed by atoms with Gasteiger partial charge in [-0.05, 0) is 66.1 Å². The number of anilines is 2. The van der Waals surface area contributed by atoms with Crippen molar-refractivity contribution in [1.82, 2.24) is 0 Å². The number of fused-ring (bicyclic) bond motifs is 2. The van der Waals surface area contributed by atoms with E-state index < -0.39 is 16.1 Å². The van der Waals surface area contributed by atoms with Gasteiger partial charge in [0.15, 0.2) is 0 Å². The zero-order valence-electron chi connectivity index (χ0n) is 20.4. The number of nitrogens with zero attached hydrogens (tertiary/aromatic N) is 3. The second-order valence-electron chi connectivity index (χ2n) is 8.51. The fraction of sp³-hybridized carbons (Fsp3) is 0.333. The van der Waals surface area contributed by atoms with E-state index in [1.165, 1.54) is 11.3 Å². The summed E-state index contributed by atoms with van der Waals surface area (Å²) in [7, 11) is -4.12. The van der Waals surface area contributed by atoms with Gasteiger partial charge in [-0.15, -0.1) is 4.57 Å². The minimum absolute atomic E-state index is 0.185. The first-order valence-electron chi connectivity index (χ1n) is 11.7. The molecule has 0 spiro atoms. The summed E-state index contributed by atoms with van der Waals surface area (Å²) in [5.74, 6) is -0.168. The molecule has 0 aliphatic carbocycles. The van der Waals surface area contributed by atoms with Gasteiger partial charge in [-0.2, -0.15) is 8.42 Å². The SMILES string of the molecule is CCC(=Cc1oc2sc(I)cc2[n+]1CC(=O)O)C=C1N(CC)c2cc(Cl)c(Cl)cc2N1CCCS(=O)(=O)O. The molecule has 0 radical (unpaired) electrons. The van der Waals surface area contributed by atoms with Crippen LogP contribution in [-0.4, -0.2) is 42.9 Å². The molecule has 0 fully saturated rings. The van der Waals surface area contributed by atoms with Crippen molar-refractivity contribution in [3.8, 4) is 0 Å². The molecule has 1 aliphatic rings. The summed E-state index contributed by atoms with van der Waals surface area (Å²) in [6.45, 7) is 4.62. The molecule has 2 N–H and O–H groups in total. The summed E-state index contributed by atoms with van der Waals surface area (Å²) in [6, 6.07) is 5.41. The summed E-state index contributed by atoms with van der Waals surface area (Å²) in [4.78, 5) is 16.2. The Labute approximate surface area is 247 Å². The molecule has 3 heterocycles.